The molecule has 0 spiro atoms. The summed E-state index contributed by atoms with van der Waals surface area (Å²) >= 11 is 1.79. The first-order valence-corrected chi connectivity index (χ1v) is 9.96. The molecule has 0 amide bonds. The molecule has 1 nitrogen and oxygen atoms in total. The molecular formula is C17H22OSSi. The first-order valence-electron chi connectivity index (χ1n) is 7.26. The molecule has 0 saturated carbocycles. The smallest absolute Gasteiger partial charge is 0.129 e. The summed E-state index contributed by atoms with van der Waals surface area (Å²) in [6.07, 6.45) is 2.26. The molecule has 0 fully saturated rings. The van der Waals surface area contributed by atoms with Crippen molar-refractivity contribution in [2.75, 3.05) is 5.38 Å². The molecule has 3 heteroatoms. The lowest BCUT2D eigenvalue weighted by Crippen LogP contribution is -2.22. The van der Waals surface area contributed by atoms with Gasteiger partial charge in [-0.1, -0.05) is 49.4 Å². The normalized spacial score (nSPS) is 11.3. The fourth-order valence-corrected chi connectivity index (χ4v) is 6.20. The van der Waals surface area contributed by atoms with E-state index in [-0.39, 0.29) is 9.52 Å². The molecule has 106 valence electrons. The average molecular weight is 303 g/mol. The average Bonchev–Trinajstić information content (AvgIpc) is 2.48. The molecule has 2 aromatic rings. The Bertz CT molecular complexity index is 569. The van der Waals surface area contributed by atoms with Gasteiger partial charge in [-0.3, -0.25) is 0 Å². The zero-order valence-electron chi connectivity index (χ0n) is 12.2. The topological polar surface area (TPSA) is 20.2 Å². The Labute approximate surface area is 128 Å². The quantitative estimate of drug-likeness (QED) is 0.654. The van der Waals surface area contributed by atoms with Crippen LogP contribution in [0.1, 0.15) is 25.0 Å². The van der Waals surface area contributed by atoms with Crippen LogP contribution in [0.5, 0.6) is 5.75 Å². The number of hydrogen-bond acceptors (Lipinski definition) is 2. The molecular weight excluding hydrogens is 280 g/mol. The Morgan fingerprint density at radius 2 is 1.80 bits per heavy atom. The summed E-state index contributed by atoms with van der Waals surface area (Å²) in [7, 11) is -0.290. The number of rotatable bonds is 6. The van der Waals surface area contributed by atoms with Crippen LogP contribution >= 0.6 is 11.8 Å². The van der Waals surface area contributed by atoms with E-state index in [4.69, 9.17) is 0 Å². The fraction of sp³-hybridized carbons (Fsp3) is 0.294. The second-order valence-electron chi connectivity index (χ2n) is 4.83. The molecule has 0 radical (unpaired) electrons. The number of benzene rings is 2. The van der Waals surface area contributed by atoms with Gasteiger partial charge < -0.3 is 5.11 Å². The Morgan fingerprint density at radius 3 is 2.50 bits per heavy atom. The van der Waals surface area contributed by atoms with Crippen molar-refractivity contribution in [2.24, 2.45) is 0 Å². The zero-order chi connectivity index (χ0) is 14.4. The van der Waals surface area contributed by atoms with Crippen molar-refractivity contribution in [1.29, 1.82) is 0 Å². The van der Waals surface area contributed by atoms with Crippen LogP contribution in [0.2, 0.25) is 0 Å². The fourth-order valence-electron chi connectivity index (χ4n) is 2.56. The summed E-state index contributed by atoms with van der Waals surface area (Å²) in [5.41, 5.74) is 3.07. The third kappa shape index (κ3) is 3.67. The summed E-state index contributed by atoms with van der Waals surface area (Å²) in [4.78, 5) is 1.00. The molecule has 2 rings (SSSR count). The monoisotopic (exact) mass is 302 g/mol. The maximum atomic E-state index is 9.79. The Hall–Kier alpha value is -1.19. The lowest BCUT2D eigenvalue weighted by Gasteiger charge is -2.12. The van der Waals surface area contributed by atoms with Crippen molar-refractivity contribution in [2.45, 2.75) is 31.6 Å². The first-order chi connectivity index (χ1) is 9.76. The molecule has 0 heterocycles. The van der Waals surface area contributed by atoms with Gasteiger partial charge in [-0.25, -0.2) is 0 Å². The lowest BCUT2D eigenvalue weighted by molar-refractivity contribution is 0.462. The summed E-state index contributed by atoms with van der Waals surface area (Å²) in [6.45, 7) is 4.49. The van der Waals surface area contributed by atoms with Gasteiger partial charge in [0.05, 0.1) is 9.52 Å². The molecule has 0 aliphatic heterocycles. The Kier molecular flexibility index (Phi) is 5.74. The second-order valence-corrected chi connectivity index (χ2v) is 8.45. The molecule has 1 N–H and O–H groups in total. The van der Waals surface area contributed by atoms with E-state index in [0.717, 1.165) is 23.1 Å². The molecule has 0 aromatic heterocycles. The van der Waals surface area contributed by atoms with Crippen LogP contribution < -0.4 is 5.19 Å². The highest BCUT2D eigenvalue weighted by Crippen LogP contribution is 2.27. The van der Waals surface area contributed by atoms with E-state index >= 15 is 0 Å². The van der Waals surface area contributed by atoms with Crippen LogP contribution in [-0.2, 0) is 12.8 Å². The second kappa shape index (κ2) is 7.55. The van der Waals surface area contributed by atoms with Gasteiger partial charge in [0.15, 0.2) is 0 Å². The van der Waals surface area contributed by atoms with Crippen molar-refractivity contribution in [1.82, 2.24) is 0 Å². The van der Waals surface area contributed by atoms with Crippen molar-refractivity contribution in [3.05, 3.63) is 53.6 Å². The highest BCUT2D eigenvalue weighted by molar-refractivity contribution is 8.00. The predicted octanol–water partition coefficient (Wildman–Crippen LogP) is 3.06. The van der Waals surface area contributed by atoms with Gasteiger partial charge in [0.2, 0.25) is 0 Å². The van der Waals surface area contributed by atoms with Crippen LogP contribution in [0.25, 0.3) is 0 Å². The van der Waals surface area contributed by atoms with E-state index in [0.29, 0.717) is 5.75 Å². The van der Waals surface area contributed by atoms with Crippen molar-refractivity contribution >= 4 is 26.5 Å². The minimum Gasteiger partial charge on any atom is -0.507 e. The van der Waals surface area contributed by atoms with Gasteiger partial charge in [0, 0.05) is 4.90 Å². The van der Waals surface area contributed by atoms with Crippen LogP contribution in [0.4, 0.5) is 0 Å². The van der Waals surface area contributed by atoms with Crippen LogP contribution in [-0.4, -0.2) is 20.0 Å². The number of para-hydroxylation sites is 1. The number of phenols is 1. The minimum absolute atomic E-state index is 0.290. The van der Waals surface area contributed by atoms with Gasteiger partial charge in [-0.15, -0.1) is 11.8 Å². The van der Waals surface area contributed by atoms with E-state index < -0.39 is 0 Å². The summed E-state index contributed by atoms with van der Waals surface area (Å²) in [6, 6.07) is 14.4. The van der Waals surface area contributed by atoms with E-state index in [9.17, 15) is 5.11 Å². The molecule has 0 bridgehead atoms. The SMILES string of the molecule is CCc1cccc([SiH2]CSc2ccccc2O)c1CC. The van der Waals surface area contributed by atoms with Gasteiger partial charge in [0.25, 0.3) is 0 Å². The molecule has 0 atom stereocenters. The maximum Gasteiger partial charge on any atom is 0.129 e. The number of thioether (sulfide) groups is 1. The van der Waals surface area contributed by atoms with Gasteiger partial charge in [-0.05, 0) is 41.5 Å². The maximum absolute atomic E-state index is 9.79. The molecule has 2 aromatic carbocycles. The number of aromatic hydroxyl groups is 1. The first kappa shape index (κ1) is 15.2. The van der Waals surface area contributed by atoms with E-state index in [1.165, 1.54) is 5.56 Å². The summed E-state index contributed by atoms with van der Waals surface area (Å²) < 4.78 is 0. The van der Waals surface area contributed by atoms with Crippen molar-refractivity contribution < 1.29 is 5.11 Å². The van der Waals surface area contributed by atoms with Crippen LogP contribution in [0.15, 0.2) is 47.4 Å². The molecule has 0 saturated heterocycles. The van der Waals surface area contributed by atoms with Gasteiger partial charge in [0.1, 0.15) is 5.75 Å². The Balaban J connectivity index is 2.03. The number of hydrogen-bond donors (Lipinski definition) is 1. The third-order valence-electron chi connectivity index (χ3n) is 3.60. The summed E-state index contributed by atoms with van der Waals surface area (Å²) in [5, 5.41) is 12.5. The molecule has 0 aliphatic carbocycles. The minimum atomic E-state index is -0.290. The van der Waals surface area contributed by atoms with E-state index in [1.54, 1.807) is 28.6 Å². The zero-order valence-corrected chi connectivity index (χ0v) is 14.5. The molecule has 0 aliphatic rings. The van der Waals surface area contributed by atoms with E-state index in [2.05, 4.69) is 32.0 Å². The van der Waals surface area contributed by atoms with Crippen LogP contribution in [0, 0.1) is 0 Å². The van der Waals surface area contributed by atoms with E-state index in [1.807, 2.05) is 18.2 Å². The Morgan fingerprint density at radius 1 is 1.00 bits per heavy atom. The molecule has 20 heavy (non-hydrogen) atoms. The van der Waals surface area contributed by atoms with Crippen molar-refractivity contribution in [3.63, 3.8) is 0 Å². The largest absolute Gasteiger partial charge is 0.507 e. The predicted molar refractivity (Wildman–Crippen MR) is 92.2 cm³/mol. The highest BCUT2D eigenvalue weighted by Gasteiger charge is 2.07. The number of aryl methyl sites for hydroxylation is 1. The summed E-state index contributed by atoms with van der Waals surface area (Å²) in [5.74, 6) is 0.407. The van der Waals surface area contributed by atoms with Gasteiger partial charge >= 0.3 is 0 Å². The third-order valence-corrected chi connectivity index (χ3v) is 7.09. The lowest BCUT2D eigenvalue weighted by atomic mass is 10.0. The van der Waals surface area contributed by atoms with Crippen molar-refractivity contribution in [3.8, 4) is 5.75 Å². The standard InChI is InChI=1S/C17H22OSSi/c1-3-13-8-7-11-17(14(13)4-2)20-12-19-16-10-6-5-9-15(16)18/h5-11,18H,3-4,12,20H2,1-2H3. The number of phenolic OH excluding ortho intramolecular Hbond substituents is 1. The van der Waals surface area contributed by atoms with Crippen LogP contribution in [0.3, 0.4) is 0 Å². The molecule has 0 unspecified atom stereocenters. The van der Waals surface area contributed by atoms with Gasteiger partial charge in [-0.2, -0.15) is 0 Å². The highest BCUT2D eigenvalue weighted by atomic mass is 32.2.